The highest BCUT2D eigenvalue weighted by atomic mass is 32.2. The predicted molar refractivity (Wildman–Crippen MR) is 104 cm³/mol. The van der Waals surface area contributed by atoms with Gasteiger partial charge in [-0.2, -0.15) is 0 Å². The van der Waals surface area contributed by atoms with E-state index in [9.17, 15) is 9.59 Å². The molecule has 0 saturated carbocycles. The van der Waals surface area contributed by atoms with Crippen molar-refractivity contribution in [2.45, 2.75) is 9.79 Å². The van der Waals surface area contributed by atoms with Crippen LogP contribution >= 0.6 is 11.8 Å². The van der Waals surface area contributed by atoms with Crippen LogP contribution in [-0.4, -0.2) is 18.9 Å². The van der Waals surface area contributed by atoms with E-state index >= 15 is 0 Å². The van der Waals surface area contributed by atoms with Gasteiger partial charge >= 0.3 is 0 Å². The van der Waals surface area contributed by atoms with Gasteiger partial charge in [-0.15, -0.1) is 0 Å². The van der Waals surface area contributed by atoms with Crippen LogP contribution in [0.1, 0.15) is 20.7 Å². The number of amides is 2. The first-order valence-corrected chi connectivity index (χ1v) is 9.00. The fourth-order valence-corrected chi connectivity index (χ4v) is 3.96. The molecule has 1 aliphatic rings. The number of benzene rings is 3. The smallest absolute Gasteiger partial charge is 0.259 e. The van der Waals surface area contributed by atoms with Crippen LogP contribution in [0, 0.1) is 0 Å². The van der Waals surface area contributed by atoms with E-state index in [0.717, 1.165) is 21.2 Å². The maximum absolute atomic E-state index is 12.8. The molecule has 0 bridgehead atoms. The minimum atomic E-state index is -0.202. The van der Waals surface area contributed by atoms with Gasteiger partial charge in [0.2, 0.25) is 0 Å². The van der Waals surface area contributed by atoms with Crippen LogP contribution < -0.4 is 10.2 Å². The third kappa shape index (κ3) is 2.97. The highest BCUT2D eigenvalue weighted by molar-refractivity contribution is 7.99. The van der Waals surface area contributed by atoms with Crippen molar-refractivity contribution >= 4 is 35.0 Å². The zero-order valence-corrected chi connectivity index (χ0v) is 14.9. The molecule has 1 N–H and O–H groups in total. The van der Waals surface area contributed by atoms with E-state index in [4.69, 9.17) is 0 Å². The normalized spacial score (nSPS) is 12.8. The quantitative estimate of drug-likeness (QED) is 0.722. The zero-order valence-electron chi connectivity index (χ0n) is 14.1. The van der Waals surface area contributed by atoms with Crippen molar-refractivity contribution < 1.29 is 9.59 Å². The van der Waals surface area contributed by atoms with Gasteiger partial charge in [-0.25, -0.2) is 0 Å². The van der Waals surface area contributed by atoms with Gasteiger partial charge in [0.05, 0.1) is 11.3 Å². The Morgan fingerprint density at radius 3 is 2.46 bits per heavy atom. The molecule has 0 atom stereocenters. The van der Waals surface area contributed by atoms with Gasteiger partial charge in [0.1, 0.15) is 0 Å². The topological polar surface area (TPSA) is 49.4 Å². The SMILES string of the molecule is CN1C(=O)c2ccccc2Sc2ccc(C(=O)Nc3ccccc3)cc21. The van der Waals surface area contributed by atoms with E-state index < -0.39 is 0 Å². The van der Waals surface area contributed by atoms with Crippen LogP contribution in [0.15, 0.2) is 82.6 Å². The van der Waals surface area contributed by atoms with Gasteiger partial charge in [0, 0.05) is 28.1 Å². The molecule has 3 aromatic carbocycles. The summed E-state index contributed by atoms with van der Waals surface area (Å²) in [5, 5.41) is 2.87. The maximum Gasteiger partial charge on any atom is 0.259 e. The molecule has 0 fully saturated rings. The lowest BCUT2D eigenvalue weighted by Gasteiger charge is -2.18. The zero-order chi connectivity index (χ0) is 18.1. The van der Waals surface area contributed by atoms with E-state index in [1.807, 2.05) is 60.7 Å². The number of fused-ring (bicyclic) bond motifs is 2. The summed E-state index contributed by atoms with van der Waals surface area (Å²) in [6.45, 7) is 0. The third-order valence-corrected chi connectivity index (χ3v) is 5.40. The molecule has 3 aromatic rings. The first-order valence-electron chi connectivity index (χ1n) is 8.19. The molecule has 0 radical (unpaired) electrons. The van der Waals surface area contributed by atoms with Crippen molar-refractivity contribution in [3.63, 3.8) is 0 Å². The second kappa shape index (κ2) is 6.69. The molecular weight excluding hydrogens is 344 g/mol. The molecule has 1 aliphatic heterocycles. The highest BCUT2D eigenvalue weighted by Gasteiger charge is 2.25. The average molecular weight is 360 g/mol. The summed E-state index contributed by atoms with van der Waals surface area (Å²) in [4.78, 5) is 28.8. The van der Waals surface area contributed by atoms with Gasteiger partial charge < -0.3 is 10.2 Å². The first kappa shape index (κ1) is 16.4. The molecular formula is C21H16N2O2S. The number of nitrogens with zero attached hydrogens (tertiary/aromatic N) is 1. The number of carbonyl (C=O) groups is 2. The maximum atomic E-state index is 12.8. The molecule has 26 heavy (non-hydrogen) atoms. The largest absolute Gasteiger partial charge is 0.322 e. The molecule has 128 valence electrons. The van der Waals surface area contributed by atoms with Gasteiger partial charge in [-0.3, -0.25) is 9.59 Å². The Kier molecular flexibility index (Phi) is 4.22. The summed E-state index contributed by atoms with van der Waals surface area (Å²) in [6, 6.07) is 22.3. The Hall–Kier alpha value is -3.05. The number of hydrogen-bond acceptors (Lipinski definition) is 3. The monoisotopic (exact) mass is 360 g/mol. The van der Waals surface area contributed by atoms with Crippen molar-refractivity contribution in [1.82, 2.24) is 0 Å². The minimum Gasteiger partial charge on any atom is -0.322 e. The van der Waals surface area contributed by atoms with Crippen molar-refractivity contribution in [3.05, 3.63) is 83.9 Å². The van der Waals surface area contributed by atoms with Crippen LogP contribution in [0.2, 0.25) is 0 Å². The van der Waals surface area contributed by atoms with E-state index in [1.165, 1.54) is 0 Å². The predicted octanol–water partition coefficient (Wildman–Crippen LogP) is 4.68. The van der Waals surface area contributed by atoms with Crippen LogP contribution in [0.5, 0.6) is 0 Å². The fourth-order valence-electron chi connectivity index (χ4n) is 2.87. The van der Waals surface area contributed by atoms with Gasteiger partial charge in [-0.1, -0.05) is 42.1 Å². The summed E-state index contributed by atoms with van der Waals surface area (Å²) in [5.74, 6) is -0.279. The van der Waals surface area contributed by atoms with Crippen molar-refractivity contribution in [1.29, 1.82) is 0 Å². The van der Waals surface area contributed by atoms with Crippen molar-refractivity contribution in [2.75, 3.05) is 17.3 Å². The average Bonchev–Trinajstić information content (AvgIpc) is 2.78. The molecule has 4 rings (SSSR count). The lowest BCUT2D eigenvalue weighted by atomic mass is 10.1. The summed E-state index contributed by atoms with van der Waals surface area (Å²) in [5.41, 5.74) is 2.65. The van der Waals surface area contributed by atoms with Crippen molar-refractivity contribution in [2.24, 2.45) is 0 Å². The molecule has 1 heterocycles. The van der Waals surface area contributed by atoms with E-state index in [-0.39, 0.29) is 11.8 Å². The summed E-state index contributed by atoms with van der Waals surface area (Å²) >= 11 is 1.54. The number of para-hydroxylation sites is 1. The van der Waals surface area contributed by atoms with E-state index in [0.29, 0.717) is 11.1 Å². The Bertz CT molecular complexity index is 1000. The number of rotatable bonds is 2. The van der Waals surface area contributed by atoms with Crippen LogP contribution in [0.25, 0.3) is 0 Å². The molecule has 4 nitrogen and oxygen atoms in total. The van der Waals surface area contributed by atoms with Gasteiger partial charge in [-0.05, 0) is 42.5 Å². The second-order valence-electron chi connectivity index (χ2n) is 5.97. The van der Waals surface area contributed by atoms with E-state index in [2.05, 4.69) is 5.32 Å². The fraction of sp³-hybridized carbons (Fsp3) is 0.0476. The third-order valence-electron chi connectivity index (χ3n) is 4.26. The number of carbonyl (C=O) groups excluding carboxylic acids is 2. The van der Waals surface area contributed by atoms with Gasteiger partial charge in [0.25, 0.3) is 11.8 Å². The van der Waals surface area contributed by atoms with Crippen LogP contribution in [0.3, 0.4) is 0 Å². The Morgan fingerprint density at radius 1 is 0.923 bits per heavy atom. The summed E-state index contributed by atoms with van der Waals surface area (Å²) in [6.07, 6.45) is 0. The molecule has 0 aromatic heterocycles. The standard InChI is InChI=1S/C21H16N2O2S/c1-23-17-13-14(20(24)22-15-7-3-2-4-8-15)11-12-19(17)26-18-10-6-5-9-16(18)21(23)25/h2-13H,1H3,(H,22,24). The molecule has 5 heteroatoms. The van der Waals surface area contributed by atoms with E-state index in [1.54, 1.807) is 35.8 Å². The van der Waals surface area contributed by atoms with Gasteiger partial charge in [0.15, 0.2) is 0 Å². The van der Waals surface area contributed by atoms with Crippen molar-refractivity contribution in [3.8, 4) is 0 Å². The second-order valence-corrected chi connectivity index (χ2v) is 7.05. The Morgan fingerprint density at radius 2 is 1.65 bits per heavy atom. The van der Waals surface area contributed by atoms with Crippen LogP contribution in [0.4, 0.5) is 11.4 Å². The number of anilines is 2. The Balaban J connectivity index is 1.69. The highest BCUT2D eigenvalue weighted by Crippen LogP contribution is 2.41. The minimum absolute atomic E-state index is 0.0764. The molecule has 0 spiro atoms. The Labute approximate surface area is 155 Å². The van der Waals surface area contributed by atoms with Crippen LogP contribution in [-0.2, 0) is 0 Å². The molecule has 0 unspecified atom stereocenters. The molecule has 0 saturated heterocycles. The summed E-state index contributed by atoms with van der Waals surface area (Å²) < 4.78 is 0. The number of hydrogen-bond donors (Lipinski definition) is 1. The summed E-state index contributed by atoms with van der Waals surface area (Å²) in [7, 11) is 1.74. The lowest BCUT2D eigenvalue weighted by Crippen LogP contribution is -2.26. The number of nitrogens with one attached hydrogen (secondary N) is 1. The first-order chi connectivity index (χ1) is 12.6. The molecule has 0 aliphatic carbocycles. The molecule has 2 amide bonds. The lowest BCUT2D eigenvalue weighted by molar-refractivity contribution is 0.0987.